The summed E-state index contributed by atoms with van der Waals surface area (Å²) in [7, 11) is 1.72. The van der Waals surface area contributed by atoms with Gasteiger partial charge in [0.25, 0.3) is 0 Å². The van der Waals surface area contributed by atoms with Crippen molar-refractivity contribution in [2.75, 3.05) is 20.3 Å². The van der Waals surface area contributed by atoms with Gasteiger partial charge in [0.15, 0.2) is 0 Å². The van der Waals surface area contributed by atoms with Crippen molar-refractivity contribution < 1.29 is 4.74 Å². The topological polar surface area (TPSA) is 39.1 Å². The molecule has 0 aliphatic rings. The molecule has 0 saturated heterocycles. The van der Waals surface area contributed by atoms with E-state index in [1.807, 2.05) is 0 Å². The minimum Gasteiger partial charge on any atom is -0.383 e. The van der Waals surface area contributed by atoms with Crippen LogP contribution >= 0.6 is 0 Å². The van der Waals surface area contributed by atoms with Crippen LogP contribution in [0.1, 0.15) is 31.9 Å². The number of aromatic nitrogens is 2. The Morgan fingerprint density at radius 3 is 2.90 bits per heavy atom. The van der Waals surface area contributed by atoms with E-state index in [2.05, 4.69) is 41.2 Å². The zero-order valence-corrected chi connectivity index (χ0v) is 12.6. The fourth-order valence-corrected chi connectivity index (χ4v) is 2.39. The lowest BCUT2D eigenvalue weighted by Gasteiger charge is -2.02. The molecule has 0 amide bonds. The van der Waals surface area contributed by atoms with Crippen LogP contribution in [0.4, 0.5) is 0 Å². The Kier molecular flexibility index (Phi) is 6.02. The molecule has 2 rings (SSSR count). The van der Waals surface area contributed by atoms with Gasteiger partial charge in [-0.3, -0.25) is 4.68 Å². The number of unbranched alkanes of at least 4 members (excludes halogenated alkanes) is 2. The highest BCUT2D eigenvalue weighted by atomic mass is 16.5. The molecule has 0 radical (unpaired) electrons. The zero-order valence-electron chi connectivity index (χ0n) is 12.6. The standard InChI is InChI=1S/C16H25N3O/c1-3-4-7-11-19-16-9-6-5-8-14(16)15(18-19)13-17-10-12-20-2/h5-6,8-9,17H,3-4,7,10-13H2,1-2H3. The molecule has 0 saturated carbocycles. The first kappa shape index (κ1) is 15.0. The SMILES string of the molecule is CCCCCn1nc(CNCCOC)c2ccccc21. The van der Waals surface area contributed by atoms with Crippen molar-refractivity contribution in [1.82, 2.24) is 15.1 Å². The largest absolute Gasteiger partial charge is 0.383 e. The minimum absolute atomic E-state index is 0.731. The van der Waals surface area contributed by atoms with Crippen molar-refractivity contribution in [2.24, 2.45) is 0 Å². The number of nitrogens with zero attached hydrogens (tertiary/aromatic N) is 2. The van der Waals surface area contributed by atoms with Gasteiger partial charge in [0, 0.05) is 32.1 Å². The Morgan fingerprint density at radius 1 is 1.25 bits per heavy atom. The van der Waals surface area contributed by atoms with Gasteiger partial charge in [-0.2, -0.15) is 5.10 Å². The first-order valence-corrected chi connectivity index (χ1v) is 7.51. The summed E-state index contributed by atoms with van der Waals surface area (Å²) in [6.07, 6.45) is 3.69. The number of nitrogens with one attached hydrogen (secondary N) is 1. The smallest absolute Gasteiger partial charge is 0.0841 e. The lowest BCUT2D eigenvalue weighted by Crippen LogP contribution is -2.19. The molecule has 2 aromatic rings. The zero-order chi connectivity index (χ0) is 14.2. The van der Waals surface area contributed by atoms with Gasteiger partial charge >= 0.3 is 0 Å². The van der Waals surface area contributed by atoms with E-state index in [0.29, 0.717) is 0 Å². The van der Waals surface area contributed by atoms with E-state index < -0.39 is 0 Å². The van der Waals surface area contributed by atoms with Crippen LogP contribution in [0.5, 0.6) is 0 Å². The van der Waals surface area contributed by atoms with Gasteiger partial charge in [0.2, 0.25) is 0 Å². The maximum absolute atomic E-state index is 5.05. The molecule has 0 unspecified atom stereocenters. The van der Waals surface area contributed by atoms with Gasteiger partial charge in [0.05, 0.1) is 17.8 Å². The number of rotatable bonds is 9. The Bertz CT molecular complexity index is 521. The number of benzene rings is 1. The molecule has 110 valence electrons. The summed E-state index contributed by atoms with van der Waals surface area (Å²) in [6, 6.07) is 8.49. The highest BCUT2D eigenvalue weighted by Gasteiger charge is 2.09. The van der Waals surface area contributed by atoms with Gasteiger partial charge in [-0.1, -0.05) is 38.0 Å². The van der Waals surface area contributed by atoms with Gasteiger partial charge in [-0.25, -0.2) is 0 Å². The molecular weight excluding hydrogens is 250 g/mol. The third kappa shape index (κ3) is 3.81. The molecule has 1 heterocycles. The fraction of sp³-hybridized carbons (Fsp3) is 0.562. The van der Waals surface area contributed by atoms with E-state index in [4.69, 9.17) is 9.84 Å². The van der Waals surface area contributed by atoms with Crippen LogP contribution in [-0.4, -0.2) is 30.0 Å². The maximum Gasteiger partial charge on any atom is 0.0841 e. The summed E-state index contributed by atoms with van der Waals surface area (Å²) in [5, 5.41) is 9.40. The number of hydrogen-bond donors (Lipinski definition) is 1. The third-order valence-corrected chi connectivity index (χ3v) is 3.48. The highest BCUT2D eigenvalue weighted by Crippen LogP contribution is 2.19. The summed E-state index contributed by atoms with van der Waals surface area (Å²) >= 11 is 0. The first-order chi connectivity index (χ1) is 9.86. The summed E-state index contributed by atoms with van der Waals surface area (Å²) in [5.41, 5.74) is 2.38. The van der Waals surface area contributed by atoms with E-state index in [-0.39, 0.29) is 0 Å². The number of para-hydroxylation sites is 1. The average Bonchev–Trinajstić information content (AvgIpc) is 2.83. The Balaban J connectivity index is 2.09. The lowest BCUT2D eigenvalue weighted by atomic mass is 10.2. The quantitative estimate of drug-likeness (QED) is 0.715. The van der Waals surface area contributed by atoms with Crippen LogP contribution < -0.4 is 5.32 Å². The Labute approximate surface area is 121 Å². The van der Waals surface area contributed by atoms with E-state index in [1.54, 1.807) is 7.11 Å². The van der Waals surface area contributed by atoms with E-state index in [9.17, 15) is 0 Å². The lowest BCUT2D eigenvalue weighted by molar-refractivity contribution is 0.199. The van der Waals surface area contributed by atoms with Crippen molar-refractivity contribution in [2.45, 2.75) is 39.3 Å². The second kappa shape index (κ2) is 8.02. The molecular formula is C16H25N3O. The molecule has 20 heavy (non-hydrogen) atoms. The number of methoxy groups -OCH3 is 1. The predicted octanol–water partition coefficient (Wildman–Crippen LogP) is 2.96. The van der Waals surface area contributed by atoms with Crippen LogP contribution in [0.25, 0.3) is 10.9 Å². The predicted molar refractivity (Wildman–Crippen MR) is 82.8 cm³/mol. The fourth-order valence-electron chi connectivity index (χ4n) is 2.39. The number of fused-ring (bicyclic) bond motifs is 1. The Morgan fingerprint density at radius 2 is 2.10 bits per heavy atom. The molecule has 0 atom stereocenters. The van der Waals surface area contributed by atoms with Gasteiger partial charge in [-0.05, 0) is 12.5 Å². The van der Waals surface area contributed by atoms with Crippen molar-refractivity contribution >= 4 is 10.9 Å². The third-order valence-electron chi connectivity index (χ3n) is 3.48. The second-order valence-electron chi connectivity index (χ2n) is 5.06. The highest BCUT2D eigenvalue weighted by molar-refractivity contribution is 5.81. The number of ether oxygens (including phenoxy) is 1. The molecule has 4 heteroatoms. The molecule has 0 aliphatic heterocycles. The van der Waals surface area contributed by atoms with E-state index >= 15 is 0 Å². The maximum atomic E-state index is 5.05. The molecule has 0 aliphatic carbocycles. The summed E-state index contributed by atoms with van der Waals surface area (Å²) in [4.78, 5) is 0. The Hall–Kier alpha value is -1.39. The average molecular weight is 275 g/mol. The van der Waals surface area contributed by atoms with Crippen LogP contribution in [0.15, 0.2) is 24.3 Å². The van der Waals surface area contributed by atoms with Crippen molar-refractivity contribution in [3.05, 3.63) is 30.0 Å². The van der Waals surface area contributed by atoms with Gasteiger partial charge < -0.3 is 10.1 Å². The molecule has 4 nitrogen and oxygen atoms in total. The van der Waals surface area contributed by atoms with Crippen LogP contribution in [-0.2, 0) is 17.8 Å². The number of hydrogen-bond acceptors (Lipinski definition) is 3. The van der Waals surface area contributed by atoms with Crippen LogP contribution in [0.3, 0.4) is 0 Å². The molecule has 0 fully saturated rings. The monoisotopic (exact) mass is 275 g/mol. The molecule has 1 N–H and O–H groups in total. The van der Waals surface area contributed by atoms with E-state index in [1.165, 1.54) is 30.2 Å². The molecule has 0 spiro atoms. The summed E-state index contributed by atoms with van der Waals surface area (Å²) in [5.74, 6) is 0. The van der Waals surface area contributed by atoms with E-state index in [0.717, 1.165) is 31.9 Å². The van der Waals surface area contributed by atoms with Crippen molar-refractivity contribution in [3.8, 4) is 0 Å². The van der Waals surface area contributed by atoms with Gasteiger partial charge in [-0.15, -0.1) is 0 Å². The van der Waals surface area contributed by atoms with Gasteiger partial charge in [0.1, 0.15) is 0 Å². The van der Waals surface area contributed by atoms with Crippen molar-refractivity contribution in [1.29, 1.82) is 0 Å². The number of aryl methyl sites for hydroxylation is 1. The van der Waals surface area contributed by atoms with Crippen molar-refractivity contribution in [3.63, 3.8) is 0 Å². The minimum atomic E-state index is 0.731. The molecule has 0 bridgehead atoms. The first-order valence-electron chi connectivity index (χ1n) is 7.51. The normalized spacial score (nSPS) is 11.3. The summed E-state index contributed by atoms with van der Waals surface area (Å²) < 4.78 is 7.20. The van der Waals surface area contributed by atoms with Crippen LogP contribution in [0.2, 0.25) is 0 Å². The second-order valence-corrected chi connectivity index (χ2v) is 5.06. The summed E-state index contributed by atoms with van der Waals surface area (Å²) in [6.45, 7) is 5.62. The molecule has 1 aromatic heterocycles. The van der Waals surface area contributed by atoms with Crippen LogP contribution in [0, 0.1) is 0 Å². The molecule has 1 aromatic carbocycles.